The van der Waals surface area contributed by atoms with Gasteiger partial charge in [0.1, 0.15) is 0 Å². The predicted molar refractivity (Wildman–Crippen MR) is 65.1 cm³/mol. The van der Waals surface area contributed by atoms with Gasteiger partial charge in [0.05, 0.1) is 6.07 Å². The standard InChI is InChI=1S/C13H15NOS/c14-9-8-13(6-7-13)11-16(15)10-12-4-2-1-3-5-12/h1-5H,6-8,10-11H2. The van der Waals surface area contributed by atoms with Crippen LogP contribution in [0, 0.1) is 16.7 Å². The van der Waals surface area contributed by atoms with E-state index in [4.69, 9.17) is 5.26 Å². The van der Waals surface area contributed by atoms with Gasteiger partial charge in [-0.25, -0.2) is 0 Å². The Morgan fingerprint density at radius 3 is 2.56 bits per heavy atom. The van der Waals surface area contributed by atoms with Crippen LogP contribution in [0.4, 0.5) is 0 Å². The largest absolute Gasteiger partial charge is 0.259 e. The van der Waals surface area contributed by atoms with Gasteiger partial charge in [-0.05, 0) is 23.8 Å². The van der Waals surface area contributed by atoms with Crippen molar-refractivity contribution in [3.8, 4) is 6.07 Å². The van der Waals surface area contributed by atoms with Gasteiger partial charge in [0.2, 0.25) is 0 Å². The maximum atomic E-state index is 11.9. The normalized spacial score (nSPS) is 18.7. The van der Waals surface area contributed by atoms with E-state index in [0.717, 1.165) is 18.4 Å². The molecule has 0 spiro atoms. The quantitative estimate of drug-likeness (QED) is 0.784. The third-order valence-electron chi connectivity index (χ3n) is 3.05. The first-order valence-corrected chi connectivity index (χ1v) is 6.99. The van der Waals surface area contributed by atoms with Crippen molar-refractivity contribution in [3.63, 3.8) is 0 Å². The Morgan fingerprint density at radius 1 is 1.31 bits per heavy atom. The predicted octanol–water partition coefficient (Wildman–Crippen LogP) is 2.63. The van der Waals surface area contributed by atoms with Crippen LogP contribution in [0.1, 0.15) is 24.8 Å². The summed E-state index contributed by atoms with van der Waals surface area (Å²) < 4.78 is 11.9. The molecular weight excluding hydrogens is 218 g/mol. The molecule has 0 aliphatic heterocycles. The molecule has 1 fully saturated rings. The van der Waals surface area contributed by atoms with Crippen LogP contribution in [0.3, 0.4) is 0 Å². The molecule has 1 saturated carbocycles. The highest BCUT2D eigenvalue weighted by atomic mass is 32.2. The van der Waals surface area contributed by atoms with Crippen molar-refractivity contribution in [1.29, 1.82) is 5.26 Å². The summed E-state index contributed by atoms with van der Waals surface area (Å²) >= 11 is 0. The first-order valence-electron chi connectivity index (χ1n) is 5.50. The lowest BCUT2D eigenvalue weighted by molar-refractivity contribution is 0.587. The van der Waals surface area contributed by atoms with Crippen molar-refractivity contribution in [1.82, 2.24) is 0 Å². The number of nitrogens with zero attached hydrogens (tertiary/aromatic N) is 1. The summed E-state index contributed by atoms with van der Waals surface area (Å²) in [6, 6.07) is 12.1. The van der Waals surface area contributed by atoms with Crippen LogP contribution >= 0.6 is 0 Å². The molecule has 0 bridgehead atoms. The monoisotopic (exact) mass is 233 g/mol. The van der Waals surface area contributed by atoms with Crippen LogP contribution in [0.15, 0.2) is 30.3 Å². The summed E-state index contributed by atoms with van der Waals surface area (Å²) in [5.74, 6) is 1.31. The van der Waals surface area contributed by atoms with Gasteiger partial charge in [0, 0.05) is 28.7 Å². The van der Waals surface area contributed by atoms with Crippen LogP contribution in [0.2, 0.25) is 0 Å². The molecule has 3 heteroatoms. The topological polar surface area (TPSA) is 40.9 Å². The summed E-state index contributed by atoms with van der Waals surface area (Å²) in [6.45, 7) is 0. The first kappa shape index (κ1) is 11.3. The van der Waals surface area contributed by atoms with Crippen molar-refractivity contribution in [3.05, 3.63) is 35.9 Å². The lowest BCUT2D eigenvalue weighted by atomic mass is 10.1. The smallest absolute Gasteiger partial charge is 0.0627 e. The second-order valence-electron chi connectivity index (χ2n) is 4.55. The summed E-state index contributed by atoms with van der Waals surface area (Å²) in [4.78, 5) is 0. The number of benzene rings is 1. The van der Waals surface area contributed by atoms with Crippen LogP contribution in [0.5, 0.6) is 0 Å². The molecule has 1 aliphatic carbocycles. The third kappa shape index (κ3) is 2.93. The van der Waals surface area contributed by atoms with Gasteiger partial charge in [-0.3, -0.25) is 4.21 Å². The van der Waals surface area contributed by atoms with Crippen LogP contribution in [0.25, 0.3) is 0 Å². The molecule has 1 aliphatic rings. The van der Waals surface area contributed by atoms with Crippen molar-refractivity contribution < 1.29 is 4.21 Å². The van der Waals surface area contributed by atoms with Gasteiger partial charge in [0.25, 0.3) is 0 Å². The first-order chi connectivity index (χ1) is 7.74. The van der Waals surface area contributed by atoms with E-state index in [2.05, 4.69) is 6.07 Å². The zero-order valence-electron chi connectivity index (χ0n) is 9.19. The molecule has 0 amide bonds. The maximum Gasteiger partial charge on any atom is 0.0627 e. The maximum absolute atomic E-state index is 11.9. The Labute approximate surface area is 98.7 Å². The molecule has 1 unspecified atom stereocenters. The van der Waals surface area contributed by atoms with E-state index in [1.807, 2.05) is 30.3 Å². The van der Waals surface area contributed by atoms with E-state index < -0.39 is 10.8 Å². The molecule has 16 heavy (non-hydrogen) atoms. The molecule has 1 atom stereocenters. The number of rotatable bonds is 5. The van der Waals surface area contributed by atoms with E-state index in [1.54, 1.807) is 0 Å². The lowest BCUT2D eigenvalue weighted by Crippen LogP contribution is -2.13. The lowest BCUT2D eigenvalue weighted by Gasteiger charge is -2.10. The molecule has 2 rings (SSSR count). The second-order valence-corrected chi connectivity index (χ2v) is 6.01. The van der Waals surface area contributed by atoms with Gasteiger partial charge in [-0.2, -0.15) is 5.26 Å². The van der Waals surface area contributed by atoms with Crippen molar-refractivity contribution in [2.75, 3.05) is 5.75 Å². The van der Waals surface area contributed by atoms with Crippen molar-refractivity contribution in [2.45, 2.75) is 25.0 Å². The van der Waals surface area contributed by atoms with E-state index in [9.17, 15) is 4.21 Å². The van der Waals surface area contributed by atoms with Gasteiger partial charge < -0.3 is 0 Å². The fourth-order valence-electron chi connectivity index (χ4n) is 1.87. The highest BCUT2D eigenvalue weighted by molar-refractivity contribution is 7.84. The SMILES string of the molecule is N#CCC1(CS(=O)Cc2ccccc2)CC1. The molecule has 0 radical (unpaired) electrons. The second kappa shape index (κ2) is 4.80. The highest BCUT2D eigenvalue weighted by Crippen LogP contribution is 2.49. The molecule has 1 aromatic carbocycles. The average molecular weight is 233 g/mol. The average Bonchev–Trinajstić information content (AvgIpc) is 2.99. The molecule has 0 N–H and O–H groups in total. The fourth-order valence-corrected chi connectivity index (χ4v) is 3.61. The van der Waals surface area contributed by atoms with E-state index >= 15 is 0 Å². The minimum Gasteiger partial charge on any atom is -0.259 e. The van der Waals surface area contributed by atoms with E-state index in [0.29, 0.717) is 17.9 Å². The molecule has 0 heterocycles. The molecule has 0 aromatic heterocycles. The van der Waals surface area contributed by atoms with Crippen LogP contribution in [-0.4, -0.2) is 9.96 Å². The van der Waals surface area contributed by atoms with Crippen molar-refractivity contribution in [2.24, 2.45) is 5.41 Å². The Hall–Kier alpha value is -1.14. The van der Waals surface area contributed by atoms with Crippen LogP contribution in [-0.2, 0) is 16.6 Å². The van der Waals surface area contributed by atoms with Gasteiger partial charge >= 0.3 is 0 Å². The van der Waals surface area contributed by atoms with Crippen LogP contribution < -0.4 is 0 Å². The van der Waals surface area contributed by atoms with E-state index in [1.165, 1.54) is 0 Å². The number of hydrogen-bond donors (Lipinski definition) is 0. The number of nitriles is 1. The Kier molecular flexibility index (Phi) is 3.40. The Balaban J connectivity index is 1.88. The zero-order valence-corrected chi connectivity index (χ0v) is 10.0. The fraction of sp³-hybridized carbons (Fsp3) is 0.462. The van der Waals surface area contributed by atoms with Gasteiger partial charge in [-0.1, -0.05) is 30.3 Å². The Morgan fingerprint density at radius 2 is 2.00 bits per heavy atom. The minimum atomic E-state index is -0.831. The van der Waals surface area contributed by atoms with Gasteiger partial charge in [-0.15, -0.1) is 0 Å². The van der Waals surface area contributed by atoms with Crippen molar-refractivity contribution >= 4 is 10.8 Å². The summed E-state index contributed by atoms with van der Waals surface area (Å²) in [5.41, 5.74) is 1.21. The molecule has 1 aromatic rings. The minimum absolute atomic E-state index is 0.0917. The Bertz CT molecular complexity index is 417. The zero-order chi connectivity index (χ0) is 11.4. The summed E-state index contributed by atoms with van der Waals surface area (Å²) in [7, 11) is -0.831. The third-order valence-corrected chi connectivity index (χ3v) is 4.64. The van der Waals surface area contributed by atoms with Gasteiger partial charge in [0.15, 0.2) is 0 Å². The molecule has 0 saturated heterocycles. The summed E-state index contributed by atoms with van der Waals surface area (Å²) in [6.07, 6.45) is 2.70. The highest BCUT2D eigenvalue weighted by Gasteiger charge is 2.43. The molecule has 2 nitrogen and oxygen atoms in total. The number of hydrogen-bond acceptors (Lipinski definition) is 2. The molecular formula is C13H15NOS. The molecule has 84 valence electrons. The summed E-state index contributed by atoms with van der Waals surface area (Å²) in [5, 5.41) is 8.70. The van der Waals surface area contributed by atoms with E-state index in [-0.39, 0.29) is 5.41 Å².